The standard InChI is InChI=1S/C19H31N3O3S.C2H6/c1-13(23)22-9-7-8-14(11-22)12-26-19(5,6)17(24)20-16-10-15(25-21-16)18(2,3)4;1-2/h10,14H,7-9,11-12H2,1-6H3,(H,20,21,24);1-2H3. The van der Waals surface area contributed by atoms with Crippen LogP contribution in [0, 0.1) is 5.92 Å². The number of anilines is 1. The summed E-state index contributed by atoms with van der Waals surface area (Å²) in [7, 11) is 0. The Morgan fingerprint density at radius 2 is 1.93 bits per heavy atom. The Labute approximate surface area is 174 Å². The number of aromatic nitrogens is 1. The highest BCUT2D eigenvalue weighted by Gasteiger charge is 2.32. The number of carbonyl (C=O) groups is 2. The van der Waals surface area contributed by atoms with Gasteiger partial charge in [0, 0.05) is 31.5 Å². The van der Waals surface area contributed by atoms with Gasteiger partial charge in [-0.25, -0.2) is 0 Å². The first-order valence-electron chi connectivity index (χ1n) is 10.2. The van der Waals surface area contributed by atoms with Crippen LogP contribution in [0.5, 0.6) is 0 Å². The highest BCUT2D eigenvalue weighted by molar-refractivity contribution is 8.01. The first kappa shape index (κ1) is 24.5. The van der Waals surface area contributed by atoms with E-state index in [9.17, 15) is 9.59 Å². The van der Waals surface area contributed by atoms with E-state index >= 15 is 0 Å². The molecule has 1 aromatic heterocycles. The average Bonchev–Trinajstić information content (AvgIpc) is 3.11. The lowest BCUT2D eigenvalue weighted by molar-refractivity contribution is -0.130. The van der Waals surface area contributed by atoms with Gasteiger partial charge in [-0.1, -0.05) is 39.8 Å². The normalized spacial score (nSPS) is 17.6. The van der Waals surface area contributed by atoms with Crippen molar-refractivity contribution in [1.82, 2.24) is 10.1 Å². The number of nitrogens with one attached hydrogen (secondary N) is 1. The molecule has 0 saturated carbocycles. The molecule has 1 aliphatic heterocycles. The topological polar surface area (TPSA) is 75.4 Å². The second kappa shape index (κ2) is 10.3. The Morgan fingerprint density at radius 1 is 1.29 bits per heavy atom. The molecule has 2 rings (SSSR count). The molecule has 2 heterocycles. The van der Waals surface area contributed by atoms with Crippen molar-refractivity contribution >= 4 is 29.4 Å². The quantitative estimate of drug-likeness (QED) is 0.759. The fourth-order valence-electron chi connectivity index (χ4n) is 2.83. The highest BCUT2D eigenvalue weighted by atomic mass is 32.2. The van der Waals surface area contributed by atoms with Crippen molar-refractivity contribution in [2.24, 2.45) is 5.92 Å². The molecule has 160 valence electrons. The summed E-state index contributed by atoms with van der Waals surface area (Å²) in [4.78, 5) is 26.1. The zero-order valence-corrected chi connectivity index (χ0v) is 19.5. The van der Waals surface area contributed by atoms with Gasteiger partial charge in [-0.05, 0) is 38.4 Å². The second-order valence-corrected chi connectivity index (χ2v) is 10.2. The van der Waals surface area contributed by atoms with Gasteiger partial charge in [0.05, 0.1) is 4.75 Å². The monoisotopic (exact) mass is 411 g/mol. The Kier molecular flexibility index (Phi) is 9.05. The zero-order chi connectivity index (χ0) is 21.5. The number of rotatable bonds is 5. The van der Waals surface area contributed by atoms with Crippen molar-refractivity contribution in [3.05, 3.63) is 11.8 Å². The van der Waals surface area contributed by atoms with Crippen LogP contribution in [-0.4, -0.2) is 45.5 Å². The van der Waals surface area contributed by atoms with E-state index in [1.807, 2.05) is 53.4 Å². The van der Waals surface area contributed by atoms with Gasteiger partial charge < -0.3 is 14.7 Å². The summed E-state index contributed by atoms with van der Waals surface area (Å²) in [6, 6.07) is 1.78. The molecule has 6 nitrogen and oxygen atoms in total. The van der Waals surface area contributed by atoms with E-state index in [2.05, 4.69) is 10.5 Å². The lowest BCUT2D eigenvalue weighted by Crippen LogP contribution is -2.40. The molecule has 1 aliphatic rings. The van der Waals surface area contributed by atoms with Crippen molar-refractivity contribution in [3.8, 4) is 0 Å². The van der Waals surface area contributed by atoms with E-state index in [0.29, 0.717) is 11.7 Å². The van der Waals surface area contributed by atoms with E-state index in [1.165, 1.54) is 0 Å². The van der Waals surface area contributed by atoms with Crippen molar-refractivity contribution in [3.63, 3.8) is 0 Å². The summed E-state index contributed by atoms with van der Waals surface area (Å²) < 4.78 is 4.74. The summed E-state index contributed by atoms with van der Waals surface area (Å²) in [5.74, 6) is 2.53. The lowest BCUT2D eigenvalue weighted by Gasteiger charge is -2.33. The minimum Gasteiger partial charge on any atom is -0.359 e. The van der Waals surface area contributed by atoms with Crippen LogP contribution in [0.4, 0.5) is 5.82 Å². The van der Waals surface area contributed by atoms with Crippen molar-refractivity contribution in [2.45, 2.75) is 78.4 Å². The van der Waals surface area contributed by atoms with Gasteiger partial charge in [0.25, 0.3) is 0 Å². The number of hydrogen-bond donors (Lipinski definition) is 1. The average molecular weight is 412 g/mol. The van der Waals surface area contributed by atoms with Gasteiger partial charge in [0.1, 0.15) is 5.76 Å². The van der Waals surface area contributed by atoms with E-state index in [0.717, 1.165) is 37.4 Å². The SMILES string of the molecule is CC.CC(=O)N1CCCC(CSC(C)(C)C(=O)Nc2cc(C(C)(C)C)on2)C1. The first-order chi connectivity index (χ1) is 13.0. The molecule has 0 bridgehead atoms. The molecule has 28 heavy (non-hydrogen) atoms. The number of nitrogens with zero attached hydrogens (tertiary/aromatic N) is 2. The third kappa shape index (κ3) is 7.15. The minimum absolute atomic E-state index is 0.0875. The zero-order valence-electron chi connectivity index (χ0n) is 18.7. The van der Waals surface area contributed by atoms with Crippen LogP contribution in [0.25, 0.3) is 0 Å². The van der Waals surface area contributed by atoms with Gasteiger partial charge in [0.2, 0.25) is 11.8 Å². The van der Waals surface area contributed by atoms with Crippen molar-refractivity contribution < 1.29 is 14.1 Å². The molecule has 2 amide bonds. The van der Waals surface area contributed by atoms with Gasteiger partial charge >= 0.3 is 0 Å². The molecule has 1 aromatic rings. The van der Waals surface area contributed by atoms with Gasteiger partial charge in [0.15, 0.2) is 5.82 Å². The Bertz CT molecular complexity index is 650. The highest BCUT2D eigenvalue weighted by Crippen LogP contribution is 2.31. The predicted octanol–water partition coefficient (Wildman–Crippen LogP) is 4.71. The number of piperidine rings is 1. The molecular weight excluding hydrogens is 374 g/mol. The Morgan fingerprint density at radius 3 is 2.46 bits per heavy atom. The molecule has 1 unspecified atom stereocenters. The minimum atomic E-state index is -0.584. The summed E-state index contributed by atoms with van der Waals surface area (Å²) in [5.41, 5.74) is -0.149. The summed E-state index contributed by atoms with van der Waals surface area (Å²) >= 11 is 1.63. The third-order valence-electron chi connectivity index (χ3n) is 4.68. The molecule has 0 aliphatic carbocycles. The summed E-state index contributed by atoms with van der Waals surface area (Å²) in [5, 5.41) is 6.82. The fraction of sp³-hybridized carbons (Fsp3) is 0.762. The number of amides is 2. The third-order valence-corrected chi connectivity index (χ3v) is 6.23. The molecule has 0 radical (unpaired) electrons. The van der Waals surface area contributed by atoms with Gasteiger partial charge in [-0.15, -0.1) is 11.8 Å². The van der Waals surface area contributed by atoms with Crippen LogP contribution < -0.4 is 5.32 Å². The number of thioether (sulfide) groups is 1. The number of hydrogen-bond acceptors (Lipinski definition) is 5. The van der Waals surface area contributed by atoms with Crippen molar-refractivity contribution in [2.75, 3.05) is 24.2 Å². The van der Waals surface area contributed by atoms with Crippen LogP contribution in [-0.2, 0) is 15.0 Å². The van der Waals surface area contributed by atoms with E-state index < -0.39 is 4.75 Å². The maximum Gasteiger partial charge on any atom is 0.241 e. The molecule has 0 spiro atoms. The van der Waals surface area contributed by atoms with E-state index in [1.54, 1.807) is 24.8 Å². The Hall–Kier alpha value is -1.50. The first-order valence-corrected chi connectivity index (χ1v) is 11.2. The number of likely N-dealkylation sites (tertiary alicyclic amines) is 1. The van der Waals surface area contributed by atoms with Crippen LogP contribution in [0.15, 0.2) is 10.6 Å². The van der Waals surface area contributed by atoms with Crippen LogP contribution in [0.1, 0.15) is 74.0 Å². The van der Waals surface area contributed by atoms with Crippen LogP contribution in [0.2, 0.25) is 0 Å². The maximum atomic E-state index is 12.7. The lowest BCUT2D eigenvalue weighted by atomic mass is 9.93. The van der Waals surface area contributed by atoms with Crippen LogP contribution in [0.3, 0.4) is 0 Å². The van der Waals surface area contributed by atoms with E-state index in [4.69, 9.17) is 4.52 Å². The van der Waals surface area contributed by atoms with Gasteiger partial charge in [-0.3, -0.25) is 9.59 Å². The molecule has 0 aromatic carbocycles. The fourth-order valence-corrected chi connectivity index (χ4v) is 3.94. The molecular formula is C21H37N3O3S. The molecule has 1 N–H and O–H groups in total. The van der Waals surface area contributed by atoms with Gasteiger partial charge in [-0.2, -0.15) is 0 Å². The number of carbonyl (C=O) groups excluding carboxylic acids is 2. The predicted molar refractivity (Wildman–Crippen MR) is 117 cm³/mol. The Balaban J connectivity index is 0.00000190. The molecule has 1 atom stereocenters. The maximum absolute atomic E-state index is 12.7. The second-order valence-electron chi connectivity index (χ2n) is 8.58. The summed E-state index contributed by atoms with van der Waals surface area (Å²) in [6.07, 6.45) is 2.14. The molecule has 1 saturated heterocycles. The summed E-state index contributed by atoms with van der Waals surface area (Å²) in [6.45, 7) is 17.2. The molecule has 1 fully saturated rings. The van der Waals surface area contributed by atoms with Crippen molar-refractivity contribution in [1.29, 1.82) is 0 Å². The largest absolute Gasteiger partial charge is 0.359 e. The van der Waals surface area contributed by atoms with E-state index in [-0.39, 0.29) is 17.2 Å². The smallest absolute Gasteiger partial charge is 0.241 e. The van der Waals surface area contributed by atoms with Crippen LogP contribution >= 0.6 is 11.8 Å². The molecule has 7 heteroatoms.